The minimum atomic E-state index is 0. The Kier molecular flexibility index (Phi) is 143. The van der Waals surface area contributed by atoms with Crippen LogP contribution in [0, 0.1) is 0 Å². The molecule has 9 heavy (non-hydrogen) atoms. The van der Waals surface area contributed by atoms with E-state index in [0.29, 0.717) is 0 Å². The Morgan fingerprint density at radius 3 is 0.889 bits per heavy atom. The highest BCUT2D eigenvalue weighted by Gasteiger charge is 1.55. The molecule has 0 saturated heterocycles. The van der Waals surface area contributed by atoms with E-state index in [9.17, 15) is 0 Å². The third-order valence-electron chi connectivity index (χ3n) is 0.167. The Morgan fingerprint density at radius 2 is 0.889 bits per heavy atom. The van der Waals surface area contributed by atoms with Gasteiger partial charge in [0.15, 0.2) is 0 Å². The molecule has 0 aliphatic rings. The molecule has 0 saturated carbocycles. The van der Waals surface area contributed by atoms with Crippen LogP contribution in [0.4, 0.5) is 0 Å². The minimum Gasteiger partial charge on any atom is -0.183 e. The predicted octanol–water partition coefficient (Wildman–Crippen LogP) is 3.36. The van der Waals surface area contributed by atoms with Crippen molar-refractivity contribution >= 4 is 46.8 Å². The molecule has 0 aromatic rings. The molecule has 0 amide bonds. The molecule has 0 aliphatic heterocycles. The van der Waals surface area contributed by atoms with Crippen molar-refractivity contribution in [3.8, 4) is 0 Å². The van der Waals surface area contributed by atoms with Gasteiger partial charge in [-0.05, 0) is 25.0 Å². The fourth-order valence-corrected chi connectivity index (χ4v) is 0. The second-order valence-corrected chi connectivity index (χ2v) is 3.00. The average molecular weight is 206 g/mol. The normalized spacial score (nSPS) is 4.67. The zero-order valence-corrected chi connectivity index (χ0v) is 9.13. The van der Waals surface area contributed by atoms with E-state index >= 15 is 0 Å². The first-order valence-corrected chi connectivity index (χ1v) is 6.63. The predicted molar refractivity (Wildman–Crippen MR) is 63.6 cm³/mol. The highest BCUT2D eigenvalue weighted by atomic mass is 33.1. The maximum Gasteiger partial charge on any atom is -0.00793 e. The van der Waals surface area contributed by atoms with E-state index in [4.69, 9.17) is 0 Å². The van der Waals surface area contributed by atoms with Crippen molar-refractivity contribution in [2.45, 2.75) is 7.43 Å². The fraction of sp³-hybridized carbons (Fsp3) is 1.00. The maximum absolute atomic E-state index is 3.53. The Morgan fingerprint density at radius 1 is 0.778 bits per heavy atom. The van der Waals surface area contributed by atoms with E-state index < -0.39 is 0 Å². The molecule has 0 N–H and O–H groups in total. The molecule has 0 aromatic carbocycles. The first-order valence-electron chi connectivity index (χ1n) is 1.88. The van der Waals surface area contributed by atoms with Crippen LogP contribution in [0.1, 0.15) is 7.43 Å². The van der Waals surface area contributed by atoms with Crippen LogP contribution >= 0.6 is 46.8 Å². The zero-order chi connectivity index (χ0) is 7.41. The van der Waals surface area contributed by atoms with Crippen molar-refractivity contribution in [3.05, 3.63) is 0 Å². The summed E-state index contributed by atoms with van der Waals surface area (Å²) in [6, 6.07) is 0. The van der Waals surface area contributed by atoms with Crippen molar-refractivity contribution in [3.63, 3.8) is 0 Å². The second kappa shape index (κ2) is 57.4. The molecule has 0 heterocycles. The molecule has 0 radical (unpaired) electrons. The third kappa shape index (κ3) is 89.4. The summed E-state index contributed by atoms with van der Waals surface area (Å²) in [4.78, 5) is 0. The summed E-state index contributed by atoms with van der Waals surface area (Å²) in [5.74, 6) is 0. The van der Waals surface area contributed by atoms with Crippen molar-refractivity contribution in [2.24, 2.45) is 0 Å². The molecule has 0 atom stereocenters. The third-order valence-corrected chi connectivity index (χ3v) is 1.50. The van der Waals surface area contributed by atoms with Crippen LogP contribution in [0.15, 0.2) is 0 Å². The standard InChI is InChI=1S/C2H6S2.2CH4S.CH4/c1-3-4-2;2*1-2;/h1-2H3;2*2H,1H3;1H4. The van der Waals surface area contributed by atoms with Gasteiger partial charge in [-0.1, -0.05) is 29.0 Å². The van der Waals surface area contributed by atoms with Crippen LogP contribution in [-0.4, -0.2) is 25.0 Å². The summed E-state index contributed by atoms with van der Waals surface area (Å²) >= 11 is 7.06. The Bertz CT molecular complexity index is 10.9. The summed E-state index contributed by atoms with van der Waals surface area (Å²) in [7, 11) is 3.55. The van der Waals surface area contributed by atoms with Gasteiger partial charge in [-0.2, -0.15) is 25.3 Å². The van der Waals surface area contributed by atoms with Gasteiger partial charge in [-0.25, -0.2) is 0 Å². The largest absolute Gasteiger partial charge is 0.183 e. The SMILES string of the molecule is C.CS.CS.CSSC. The van der Waals surface area contributed by atoms with E-state index in [2.05, 4.69) is 37.8 Å². The summed E-state index contributed by atoms with van der Waals surface area (Å²) in [6.45, 7) is 0. The summed E-state index contributed by atoms with van der Waals surface area (Å²) in [5, 5.41) is 0. The fourth-order valence-electron chi connectivity index (χ4n) is 0. The van der Waals surface area contributed by atoms with E-state index in [1.54, 1.807) is 34.1 Å². The van der Waals surface area contributed by atoms with Crippen molar-refractivity contribution in [1.82, 2.24) is 0 Å². The van der Waals surface area contributed by atoms with Gasteiger partial charge in [-0.15, -0.1) is 0 Å². The Labute approximate surface area is 79.2 Å². The molecule has 0 rings (SSSR count). The van der Waals surface area contributed by atoms with Gasteiger partial charge in [0, 0.05) is 0 Å². The molecule has 0 aliphatic carbocycles. The number of rotatable bonds is 1. The van der Waals surface area contributed by atoms with Crippen molar-refractivity contribution < 1.29 is 0 Å². The van der Waals surface area contributed by atoms with Crippen molar-refractivity contribution in [1.29, 1.82) is 0 Å². The first kappa shape index (κ1) is 22.4. The van der Waals surface area contributed by atoms with Gasteiger partial charge in [0.2, 0.25) is 0 Å². The molecule has 0 fully saturated rings. The summed E-state index contributed by atoms with van der Waals surface area (Å²) in [6.07, 6.45) is 7.51. The molecule has 0 spiro atoms. The summed E-state index contributed by atoms with van der Waals surface area (Å²) < 4.78 is 0. The molecule has 0 unspecified atom stereocenters. The van der Waals surface area contributed by atoms with Crippen molar-refractivity contribution in [2.75, 3.05) is 25.0 Å². The molecule has 0 nitrogen and oxygen atoms in total. The highest BCUT2D eigenvalue weighted by Crippen LogP contribution is 2.09. The quantitative estimate of drug-likeness (QED) is 0.499. The van der Waals surface area contributed by atoms with Crippen LogP contribution in [0.2, 0.25) is 0 Å². The van der Waals surface area contributed by atoms with E-state index in [1.165, 1.54) is 0 Å². The summed E-state index contributed by atoms with van der Waals surface area (Å²) in [5.41, 5.74) is 0. The van der Waals surface area contributed by atoms with Crippen LogP contribution < -0.4 is 0 Å². The van der Waals surface area contributed by atoms with Crippen LogP contribution in [0.5, 0.6) is 0 Å². The minimum absolute atomic E-state index is 0. The lowest BCUT2D eigenvalue weighted by Crippen LogP contribution is -1.28. The molecular formula is C5H18S4. The average Bonchev–Trinajstić information content (AvgIpc) is 1.96. The zero-order valence-electron chi connectivity index (χ0n) is 5.71. The molecule has 0 aromatic heterocycles. The lowest BCUT2D eigenvalue weighted by Gasteiger charge is -1.69. The van der Waals surface area contributed by atoms with E-state index in [0.717, 1.165) is 0 Å². The second-order valence-electron chi connectivity index (χ2n) is 0.333. The van der Waals surface area contributed by atoms with Gasteiger partial charge < -0.3 is 0 Å². The van der Waals surface area contributed by atoms with Gasteiger partial charge in [0.1, 0.15) is 0 Å². The van der Waals surface area contributed by atoms with Gasteiger partial charge in [0.25, 0.3) is 0 Å². The smallest absolute Gasteiger partial charge is 0.00793 e. The number of hydrogen-bond acceptors (Lipinski definition) is 4. The lowest BCUT2D eigenvalue weighted by atomic mass is 12.0. The van der Waals surface area contributed by atoms with Crippen LogP contribution in [0.25, 0.3) is 0 Å². The van der Waals surface area contributed by atoms with Gasteiger partial charge >= 0.3 is 0 Å². The van der Waals surface area contributed by atoms with E-state index in [-0.39, 0.29) is 7.43 Å². The number of hydrogen-bond donors (Lipinski definition) is 2. The topological polar surface area (TPSA) is 0 Å². The highest BCUT2D eigenvalue weighted by molar-refractivity contribution is 8.76. The Hall–Kier alpha value is 1.40. The molecule has 0 bridgehead atoms. The van der Waals surface area contributed by atoms with Crippen LogP contribution in [-0.2, 0) is 0 Å². The molecule has 62 valence electrons. The first-order chi connectivity index (χ1) is 3.91. The van der Waals surface area contributed by atoms with Gasteiger partial charge in [0.05, 0.1) is 0 Å². The number of thiol groups is 2. The Balaban J connectivity index is -0.0000000221. The molecular weight excluding hydrogens is 188 g/mol. The van der Waals surface area contributed by atoms with Crippen LogP contribution in [0.3, 0.4) is 0 Å². The lowest BCUT2D eigenvalue weighted by molar-refractivity contribution is 2.50. The molecule has 4 heteroatoms. The van der Waals surface area contributed by atoms with E-state index in [1.807, 2.05) is 0 Å². The monoisotopic (exact) mass is 206 g/mol. The maximum atomic E-state index is 3.53. The van der Waals surface area contributed by atoms with Gasteiger partial charge in [-0.3, -0.25) is 0 Å².